The van der Waals surface area contributed by atoms with E-state index < -0.39 is 5.91 Å². The maximum Gasteiger partial charge on any atom is 0.261 e. The summed E-state index contributed by atoms with van der Waals surface area (Å²) in [4.78, 5) is 27.1. The Morgan fingerprint density at radius 2 is 2.00 bits per heavy atom. The molecule has 0 radical (unpaired) electrons. The van der Waals surface area contributed by atoms with Gasteiger partial charge in [0.15, 0.2) is 0 Å². The Labute approximate surface area is 172 Å². The number of carbonyl (C=O) groups is 2. The Bertz CT molecular complexity index is 1110. The van der Waals surface area contributed by atoms with Crippen LogP contribution in [0.4, 0.5) is 5.69 Å². The number of aromatic nitrogens is 1. The second-order valence-electron chi connectivity index (χ2n) is 6.68. The van der Waals surface area contributed by atoms with Gasteiger partial charge in [0.25, 0.3) is 11.8 Å². The Morgan fingerprint density at radius 1 is 1.21 bits per heavy atom. The second-order valence-corrected chi connectivity index (χ2v) is 7.09. The van der Waals surface area contributed by atoms with Crippen molar-refractivity contribution in [2.75, 3.05) is 25.5 Å². The highest BCUT2D eigenvalue weighted by atomic mass is 35.5. The molecule has 7 nitrogen and oxygen atoms in total. The molecule has 2 amide bonds. The molecule has 2 heterocycles. The number of carbonyl (C=O) groups excluding carboxylic acids is 2. The third-order valence-corrected chi connectivity index (χ3v) is 5.05. The Kier molecular flexibility index (Phi) is 4.98. The van der Waals surface area contributed by atoms with E-state index in [2.05, 4.69) is 10.5 Å². The number of likely N-dealkylation sites (N-methyl/N-ethyl adjacent to an activating group) is 1. The van der Waals surface area contributed by atoms with E-state index in [1.165, 1.54) is 0 Å². The topological polar surface area (TPSA) is 84.7 Å². The highest BCUT2D eigenvalue weighted by Gasteiger charge is 2.25. The maximum atomic E-state index is 13.0. The summed E-state index contributed by atoms with van der Waals surface area (Å²) < 4.78 is 10.9. The minimum Gasteiger partial charge on any atom is -0.491 e. The molecule has 148 valence electrons. The SMILES string of the molecule is Cc1onc(-c2ccccc2Cl)c1C(=O)Nc1ccc2c(c1)C(=O)N(C)CCO2. The van der Waals surface area contributed by atoms with Gasteiger partial charge in [0, 0.05) is 18.3 Å². The normalized spacial score (nSPS) is 13.5. The lowest BCUT2D eigenvalue weighted by molar-refractivity contribution is 0.0796. The molecule has 29 heavy (non-hydrogen) atoms. The largest absolute Gasteiger partial charge is 0.491 e. The van der Waals surface area contributed by atoms with Crippen LogP contribution in [-0.4, -0.2) is 42.1 Å². The zero-order valence-electron chi connectivity index (χ0n) is 15.9. The number of nitrogens with one attached hydrogen (secondary N) is 1. The number of fused-ring (bicyclic) bond motifs is 1. The van der Waals surface area contributed by atoms with Crippen molar-refractivity contribution in [1.82, 2.24) is 10.1 Å². The van der Waals surface area contributed by atoms with Crippen LogP contribution < -0.4 is 10.1 Å². The fourth-order valence-corrected chi connectivity index (χ4v) is 3.40. The smallest absolute Gasteiger partial charge is 0.261 e. The molecule has 2 aromatic carbocycles. The number of hydrogen-bond acceptors (Lipinski definition) is 5. The molecule has 0 aliphatic carbocycles. The average molecular weight is 412 g/mol. The number of nitrogens with zero attached hydrogens (tertiary/aromatic N) is 2. The van der Waals surface area contributed by atoms with Gasteiger partial charge in [-0.05, 0) is 31.2 Å². The highest BCUT2D eigenvalue weighted by Crippen LogP contribution is 2.32. The van der Waals surface area contributed by atoms with E-state index in [1.54, 1.807) is 55.3 Å². The van der Waals surface area contributed by atoms with Crippen LogP contribution in [-0.2, 0) is 0 Å². The first-order valence-corrected chi connectivity index (χ1v) is 9.38. The van der Waals surface area contributed by atoms with Gasteiger partial charge in [-0.3, -0.25) is 9.59 Å². The number of hydrogen-bond donors (Lipinski definition) is 1. The van der Waals surface area contributed by atoms with Crippen molar-refractivity contribution >= 4 is 29.1 Å². The van der Waals surface area contributed by atoms with Crippen molar-refractivity contribution in [3.8, 4) is 17.0 Å². The summed E-state index contributed by atoms with van der Waals surface area (Å²) in [6.07, 6.45) is 0. The first-order valence-electron chi connectivity index (χ1n) is 9.00. The van der Waals surface area contributed by atoms with Gasteiger partial charge in [0.05, 0.1) is 17.1 Å². The van der Waals surface area contributed by atoms with Gasteiger partial charge in [-0.25, -0.2) is 0 Å². The molecule has 0 bridgehead atoms. The number of aryl methyl sites for hydroxylation is 1. The van der Waals surface area contributed by atoms with Gasteiger partial charge < -0.3 is 19.5 Å². The number of anilines is 1. The van der Waals surface area contributed by atoms with Gasteiger partial charge in [-0.15, -0.1) is 0 Å². The molecule has 0 atom stereocenters. The highest BCUT2D eigenvalue weighted by molar-refractivity contribution is 6.33. The van der Waals surface area contributed by atoms with E-state index >= 15 is 0 Å². The molecule has 1 N–H and O–H groups in total. The van der Waals surface area contributed by atoms with E-state index in [0.29, 0.717) is 52.2 Å². The third kappa shape index (κ3) is 3.56. The zero-order valence-corrected chi connectivity index (χ0v) is 16.6. The first kappa shape index (κ1) is 19.0. The standard InChI is InChI=1S/C21H18ClN3O4/c1-12-18(19(24-29-12)14-5-3-4-6-16(14)22)20(26)23-13-7-8-17-15(11-13)21(27)25(2)9-10-28-17/h3-8,11H,9-10H2,1-2H3,(H,23,26). The molecule has 0 saturated heterocycles. The predicted octanol–water partition coefficient (Wildman–Crippen LogP) is 4.02. The number of amides is 2. The second kappa shape index (κ2) is 7.60. The van der Waals surface area contributed by atoms with Gasteiger partial charge in [-0.1, -0.05) is 35.0 Å². The molecule has 4 rings (SSSR count). The molecular formula is C21H18ClN3O4. The fourth-order valence-electron chi connectivity index (χ4n) is 3.17. The molecule has 0 fully saturated rings. The summed E-state index contributed by atoms with van der Waals surface area (Å²) in [6, 6.07) is 12.1. The lowest BCUT2D eigenvalue weighted by Gasteiger charge is -2.13. The van der Waals surface area contributed by atoms with Crippen LogP contribution in [0.5, 0.6) is 5.75 Å². The van der Waals surface area contributed by atoms with Gasteiger partial charge >= 0.3 is 0 Å². The molecule has 3 aromatic rings. The summed E-state index contributed by atoms with van der Waals surface area (Å²) >= 11 is 6.26. The number of rotatable bonds is 3. The molecule has 0 unspecified atom stereocenters. The molecule has 0 saturated carbocycles. The van der Waals surface area contributed by atoms with Crippen LogP contribution in [0.2, 0.25) is 5.02 Å². The fraction of sp³-hybridized carbons (Fsp3) is 0.190. The molecule has 1 aliphatic heterocycles. The summed E-state index contributed by atoms with van der Waals surface area (Å²) in [6.45, 7) is 2.57. The van der Waals surface area contributed by atoms with Gasteiger partial charge in [-0.2, -0.15) is 0 Å². The van der Waals surface area contributed by atoms with Gasteiger partial charge in [0.1, 0.15) is 29.4 Å². The molecule has 1 aromatic heterocycles. The number of ether oxygens (including phenoxy) is 1. The molecule has 0 spiro atoms. The first-order chi connectivity index (χ1) is 14.0. The van der Waals surface area contributed by atoms with Crippen molar-refractivity contribution < 1.29 is 18.8 Å². The van der Waals surface area contributed by atoms with E-state index in [1.807, 2.05) is 6.07 Å². The average Bonchev–Trinajstić information content (AvgIpc) is 3.03. The quantitative estimate of drug-likeness (QED) is 0.703. The van der Waals surface area contributed by atoms with E-state index in [0.717, 1.165) is 0 Å². The van der Waals surface area contributed by atoms with Crippen LogP contribution in [0, 0.1) is 6.92 Å². The summed E-state index contributed by atoms with van der Waals surface area (Å²) in [5.74, 6) is 0.294. The van der Waals surface area contributed by atoms with Crippen LogP contribution in [0.15, 0.2) is 47.0 Å². The van der Waals surface area contributed by atoms with Crippen molar-refractivity contribution in [2.24, 2.45) is 0 Å². The monoisotopic (exact) mass is 411 g/mol. The van der Waals surface area contributed by atoms with Crippen LogP contribution in [0.25, 0.3) is 11.3 Å². The Hall–Kier alpha value is -3.32. The Balaban J connectivity index is 1.67. The summed E-state index contributed by atoms with van der Waals surface area (Å²) in [5.41, 5.74) is 2.11. The molecule has 1 aliphatic rings. The number of halogens is 1. The van der Waals surface area contributed by atoms with Crippen LogP contribution in [0.1, 0.15) is 26.5 Å². The van der Waals surface area contributed by atoms with Crippen LogP contribution >= 0.6 is 11.6 Å². The van der Waals surface area contributed by atoms with E-state index in [4.69, 9.17) is 20.9 Å². The van der Waals surface area contributed by atoms with Crippen molar-refractivity contribution in [3.63, 3.8) is 0 Å². The molecule has 8 heteroatoms. The van der Waals surface area contributed by atoms with E-state index in [9.17, 15) is 9.59 Å². The lowest BCUT2D eigenvalue weighted by atomic mass is 10.1. The number of benzene rings is 2. The molecular weight excluding hydrogens is 394 g/mol. The minimum atomic E-state index is -0.408. The summed E-state index contributed by atoms with van der Waals surface area (Å²) in [5, 5.41) is 7.29. The predicted molar refractivity (Wildman–Crippen MR) is 109 cm³/mol. The Morgan fingerprint density at radius 3 is 2.79 bits per heavy atom. The van der Waals surface area contributed by atoms with Crippen molar-refractivity contribution in [2.45, 2.75) is 6.92 Å². The lowest BCUT2D eigenvalue weighted by Crippen LogP contribution is -2.27. The minimum absolute atomic E-state index is 0.161. The maximum absolute atomic E-state index is 13.0. The third-order valence-electron chi connectivity index (χ3n) is 4.72. The van der Waals surface area contributed by atoms with E-state index in [-0.39, 0.29) is 11.5 Å². The van der Waals surface area contributed by atoms with Crippen LogP contribution in [0.3, 0.4) is 0 Å². The van der Waals surface area contributed by atoms with Gasteiger partial charge in [0.2, 0.25) is 0 Å². The summed E-state index contributed by atoms with van der Waals surface area (Å²) in [7, 11) is 1.71. The van der Waals surface area contributed by atoms with Crippen molar-refractivity contribution in [1.29, 1.82) is 0 Å². The zero-order chi connectivity index (χ0) is 20.5. The van der Waals surface area contributed by atoms with Crippen molar-refractivity contribution in [3.05, 3.63) is 64.4 Å².